The first-order chi connectivity index (χ1) is 19.1. The van der Waals surface area contributed by atoms with Gasteiger partial charge in [0.2, 0.25) is 0 Å². The lowest BCUT2D eigenvalue weighted by atomic mass is 10.0. The molecule has 0 bridgehead atoms. The zero-order valence-electron chi connectivity index (χ0n) is 21.1. The normalized spacial score (nSPS) is 14.6. The van der Waals surface area contributed by atoms with Crippen molar-refractivity contribution >= 4 is 35.0 Å². The Morgan fingerprint density at radius 2 is 1.87 bits per heavy atom. The SMILES string of the molecule is O=C(O)CCCCO/N=C(/c1cccnc1)c1cccc(NC(=O)c2ccn3c2CSC3c2cccnc2)c1. The molecule has 1 aromatic carbocycles. The van der Waals surface area contributed by atoms with Crippen LogP contribution in [0.4, 0.5) is 5.69 Å². The van der Waals surface area contributed by atoms with Crippen molar-refractivity contribution in [2.75, 3.05) is 11.9 Å². The van der Waals surface area contributed by atoms with Gasteiger partial charge in [-0.1, -0.05) is 23.4 Å². The first kappa shape index (κ1) is 26.2. The van der Waals surface area contributed by atoms with Crippen molar-refractivity contribution in [3.05, 3.63) is 114 Å². The molecule has 39 heavy (non-hydrogen) atoms. The van der Waals surface area contributed by atoms with Gasteiger partial charge < -0.3 is 19.8 Å². The Labute approximate surface area is 229 Å². The Morgan fingerprint density at radius 3 is 2.64 bits per heavy atom. The van der Waals surface area contributed by atoms with Gasteiger partial charge in [-0.3, -0.25) is 19.6 Å². The third-order valence-corrected chi connectivity index (χ3v) is 7.49. The van der Waals surface area contributed by atoms with E-state index in [-0.39, 0.29) is 17.7 Å². The molecule has 0 aliphatic carbocycles. The predicted molar refractivity (Wildman–Crippen MR) is 150 cm³/mol. The van der Waals surface area contributed by atoms with Crippen LogP contribution in [-0.2, 0) is 15.4 Å². The number of carboxylic acid groups (broad SMARTS) is 1. The molecule has 1 amide bonds. The highest BCUT2D eigenvalue weighted by Gasteiger charge is 2.28. The molecule has 4 aromatic rings. The van der Waals surface area contributed by atoms with E-state index in [1.165, 1.54) is 0 Å². The van der Waals surface area contributed by atoms with Crippen LogP contribution in [0.2, 0.25) is 0 Å². The average Bonchev–Trinajstić information content (AvgIpc) is 3.56. The molecule has 1 aliphatic rings. The number of hydrogen-bond acceptors (Lipinski definition) is 7. The van der Waals surface area contributed by atoms with E-state index in [1.807, 2.05) is 67.0 Å². The molecule has 1 unspecified atom stereocenters. The number of fused-ring (bicyclic) bond motifs is 1. The lowest BCUT2D eigenvalue weighted by Gasteiger charge is -2.12. The van der Waals surface area contributed by atoms with Gasteiger partial charge in [-0.25, -0.2) is 0 Å². The first-order valence-corrected chi connectivity index (χ1v) is 13.6. The van der Waals surface area contributed by atoms with E-state index in [0.29, 0.717) is 36.4 Å². The minimum absolute atomic E-state index is 0.0954. The second-order valence-corrected chi connectivity index (χ2v) is 10.0. The van der Waals surface area contributed by atoms with Crippen LogP contribution >= 0.6 is 11.8 Å². The van der Waals surface area contributed by atoms with Gasteiger partial charge in [0.05, 0.1) is 5.56 Å². The molecule has 3 aromatic heterocycles. The molecular weight excluding hydrogens is 514 g/mol. The van der Waals surface area contributed by atoms with E-state index in [1.54, 1.807) is 30.4 Å². The zero-order valence-corrected chi connectivity index (χ0v) is 21.9. The van der Waals surface area contributed by atoms with Gasteiger partial charge in [0.15, 0.2) is 0 Å². The van der Waals surface area contributed by atoms with Crippen molar-refractivity contribution < 1.29 is 19.5 Å². The van der Waals surface area contributed by atoms with Crippen LogP contribution in [0.15, 0.2) is 90.7 Å². The molecule has 5 rings (SSSR count). The molecule has 9 nitrogen and oxygen atoms in total. The number of carboxylic acids is 1. The number of benzene rings is 1. The number of aromatic nitrogens is 3. The number of rotatable bonds is 11. The fourth-order valence-corrected chi connectivity index (χ4v) is 5.66. The number of pyridine rings is 2. The molecule has 1 atom stereocenters. The first-order valence-electron chi connectivity index (χ1n) is 12.6. The van der Waals surface area contributed by atoms with Gasteiger partial charge in [0, 0.05) is 71.2 Å². The van der Waals surface area contributed by atoms with Gasteiger partial charge >= 0.3 is 5.97 Å². The van der Waals surface area contributed by atoms with Crippen LogP contribution in [0.1, 0.15) is 57.4 Å². The van der Waals surface area contributed by atoms with Crippen molar-refractivity contribution in [1.29, 1.82) is 0 Å². The van der Waals surface area contributed by atoms with Crippen molar-refractivity contribution in [1.82, 2.24) is 14.5 Å². The van der Waals surface area contributed by atoms with E-state index in [4.69, 9.17) is 9.94 Å². The maximum absolute atomic E-state index is 13.3. The Hall–Kier alpha value is -4.44. The number of carbonyl (C=O) groups excluding carboxylic acids is 1. The molecule has 0 spiro atoms. The fourth-order valence-electron chi connectivity index (χ4n) is 4.35. The second-order valence-electron chi connectivity index (χ2n) is 8.93. The molecular formula is C29H27N5O4S. The maximum atomic E-state index is 13.3. The van der Waals surface area contributed by atoms with E-state index >= 15 is 0 Å². The highest BCUT2D eigenvalue weighted by atomic mass is 32.2. The van der Waals surface area contributed by atoms with Crippen LogP contribution < -0.4 is 5.32 Å². The minimum Gasteiger partial charge on any atom is -0.481 e. The fraction of sp³-hybridized carbons (Fsp3) is 0.207. The summed E-state index contributed by atoms with van der Waals surface area (Å²) in [4.78, 5) is 38.0. The number of aliphatic carboxylic acids is 1. The molecule has 0 fully saturated rings. The summed E-state index contributed by atoms with van der Waals surface area (Å²) < 4.78 is 2.13. The van der Waals surface area contributed by atoms with Gasteiger partial charge in [-0.2, -0.15) is 0 Å². The third kappa shape index (κ3) is 6.35. The number of carbonyl (C=O) groups is 2. The van der Waals surface area contributed by atoms with E-state index < -0.39 is 5.97 Å². The summed E-state index contributed by atoms with van der Waals surface area (Å²) >= 11 is 1.76. The van der Waals surface area contributed by atoms with E-state index in [9.17, 15) is 9.59 Å². The van der Waals surface area contributed by atoms with Crippen LogP contribution in [-0.4, -0.2) is 43.8 Å². The Morgan fingerprint density at radius 1 is 1.05 bits per heavy atom. The number of oxime groups is 1. The van der Waals surface area contributed by atoms with Crippen molar-refractivity contribution in [3.63, 3.8) is 0 Å². The molecule has 198 valence electrons. The lowest BCUT2D eigenvalue weighted by Crippen LogP contribution is -2.14. The van der Waals surface area contributed by atoms with Crippen molar-refractivity contribution in [2.45, 2.75) is 30.4 Å². The number of anilines is 1. The highest BCUT2D eigenvalue weighted by Crippen LogP contribution is 2.42. The van der Waals surface area contributed by atoms with E-state index in [2.05, 4.69) is 25.0 Å². The summed E-state index contributed by atoms with van der Waals surface area (Å²) in [5.74, 6) is -0.273. The van der Waals surface area contributed by atoms with Crippen molar-refractivity contribution in [2.24, 2.45) is 5.16 Å². The number of amides is 1. The number of unbranched alkanes of at least 4 members (excludes halogenated alkanes) is 1. The summed E-state index contributed by atoms with van der Waals surface area (Å²) in [6.45, 7) is 0.297. The molecule has 4 heterocycles. The smallest absolute Gasteiger partial charge is 0.303 e. The highest BCUT2D eigenvalue weighted by molar-refractivity contribution is 7.99. The quantitative estimate of drug-likeness (QED) is 0.149. The summed E-state index contributed by atoms with van der Waals surface area (Å²) in [5.41, 5.74) is 5.43. The standard InChI is InChI=1S/C29H27N5O4S/c35-26(36)10-1-2-15-38-33-27(21-7-4-12-30-17-21)20-6-3-9-23(16-20)32-28(37)24-11-14-34-25(24)19-39-29(34)22-8-5-13-31-18-22/h3-9,11-14,16-18,29H,1-2,10,15,19H2,(H,32,37)(H,35,36)/b33-27+. The Bertz CT molecular complexity index is 1470. The maximum Gasteiger partial charge on any atom is 0.303 e. The zero-order chi connectivity index (χ0) is 27.0. The molecule has 0 saturated heterocycles. The minimum atomic E-state index is -0.828. The molecule has 0 saturated carbocycles. The van der Waals surface area contributed by atoms with Gasteiger partial charge in [-0.15, -0.1) is 11.8 Å². The Kier molecular flexibility index (Phi) is 8.33. The summed E-state index contributed by atoms with van der Waals surface area (Å²) in [7, 11) is 0. The summed E-state index contributed by atoms with van der Waals surface area (Å²) in [5, 5.41) is 16.3. The topological polar surface area (TPSA) is 119 Å². The largest absolute Gasteiger partial charge is 0.481 e. The monoisotopic (exact) mass is 541 g/mol. The second kappa shape index (κ2) is 12.4. The number of nitrogens with one attached hydrogen (secondary N) is 1. The molecule has 2 N–H and O–H groups in total. The van der Waals surface area contributed by atoms with Crippen LogP contribution in [0, 0.1) is 0 Å². The van der Waals surface area contributed by atoms with Crippen molar-refractivity contribution in [3.8, 4) is 0 Å². The summed E-state index contributed by atoms with van der Waals surface area (Å²) in [6.07, 6.45) is 10.1. The van der Waals surface area contributed by atoms with Gasteiger partial charge in [0.25, 0.3) is 5.91 Å². The van der Waals surface area contributed by atoms with Gasteiger partial charge in [0.1, 0.15) is 17.7 Å². The lowest BCUT2D eigenvalue weighted by molar-refractivity contribution is -0.137. The van der Waals surface area contributed by atoms with Crippen LogP contribution in [0.5, 0.6) is 0 Å². The van der Waals surface area contributed by atoms with Crippen LogP contribution in [0.3, 0.4) is 0 Å². The number of thioether (sulfide) groups is 1. The third-order valence-electron chi connectivity index (χ3n) is 6.23. The van der Waals surface area contributed by atoms with Gasteiger partial charge in [-0.05, 0) is 49.2 Å². The van der Waals surface area contributed by atoms with E-state index in [0.717, 1.165) is 28.1 Å². The average molecular weight is 542 g/mol. The molecule has 0 radical (unpaired) electrons. The predicted octanol–water partition coefficient (Wildman–Crippen LogP) is 5.35. The molecule has 10 heteroatoms. The number of nitrogens with zero attached hydrogens (tertiary/aromatic N) is 4. The number of hydrogen-bond donors (Lipinski definition) is 2. The van der Waals surface area contributed by atoms with Crippen LogP contribution in [0.25, 0.3) is 0 Å². The summed E-state index contributed by atoms with van der Waals surface area (Å²) in [6, 6.07) is 16.9. The Balaban J connectivity index is 1.32. The molecule has 1 aliphatic heterocycles.